The first-order chi connectivity index (χ1) is 7.77. The molecule has 1 atom stereocenters. The predicted molar refractivity (Wildman–Crippen MR) is 71.6 cm³/mol. The van der Waals surface area contributed by atoms with Crippen LogP contribution < -0.4 is 5.32 Å². The summed E-state index contributed by atoms with van der Waals surface area (Å²) in [6.45, 7) is 2.56. The zero-order valence-electron chi connectivity index (χ0n) is 10.9. The van der Waals surface area contributed by atoms with Crippen LogP contribution in [0.5, 0.6) is 0 Å². The molecule has 0 aromatic rings. The Bertz CT molecular complexity index is 215. The molecule has 0 spiro atoms. The number of methoxy groups -OCH3 is 1. The lowest BCUT2D eigenvalue weighted by Gasteiger charge is -2.32. The lowest BCUT2D eigenvalue weighted by atomic mass is 10.1. The monoisotopic (exact) mass is 264 g/mol. The third-order valence-electron chi connectivity index (χ3n) is 3.17. The third-order valence-corrected chi connectivity index (χ3v) is 3.17. The topological polar surface area (TPSA) is 41.6 Å². The largest absolute Gasteiger partial charge is 0.385 e. The highest BCUT2D eigenvalue weighted by Gasteiger charge is 2.21. The molecule has 17 heavy (non-hydrogen) atoms. The van der Waals surface area contributed by atoms with Gasteiger partial charge in [-0.3, -0.25) is 4.79 Å². The van der Waals surface area contributed by atoms with Gasteiger partial charge in [0.1, 0.15) is 0 Å². The molecule has 0 radical (unpaired) electrons. The standard InChI is InChI=1S/C12H24N2O2.ClH/c1-13-11-6-5-8-14(10-11)12(15)7-3-4-9-16-2;/h11,13H,3-10H2,1-2H3;1H. The van der Waals surface area contributed by atoms with E-state index in [1.807, 2.05) is 11.9 Å². The van der Waals surface area contributed by atoms with Crippen molar-refractivity contribution >= 4 is 18.3 Å². The Balaban J connectivity index is 0.00000256. The fourth-order valence-corrected chi connectivity index (χ4v) is 2.12. The van der Waals surface area contributed by atoms with E-state index in [0.717, 1.165) is 39.0 Å². The molecule has 0 bridgehead atoms. The van der Waals surface area contributed by atoms with E-state index in [1.54, 1.807) is 7.11 Å². The molecule has 1 aliphatic rings. The fourth-order valence-electron chi connectivity index (χ4n) is 2.12. The summed E-state index contributed by atoms with van der Waals surface area (Å²) in [5, 5.41) is 3.25. The van der Waals surface area contributed by atoms with Gasteiger partial charge in [0.2, 0.25) is 5.91 Å². The van der Waals surface area contributed by atoms with E-state index in [9.17, 15) is 4.79 Å². The zero-order chi connectivity index (χ0) is 11.8. The summed E-state index contributed by atoms with van der Waals surface area (Å²) in [7, 11) is 3.67. The number of amides is 1. The average Bonchev–Trinajstić information content (AvgIpc) is 2.34. The molecule has 1 N–H and O–H groups in total. The first kappa shape index (κ1) is 16.7. The second kappa shape index (κ2) is 9.68. The SMILES string of the molecule is CNC1CCCN(C(=O)CCCCOC)C1.Cl. The molecule has 4 nitrogen and oxygen atoms in total. The summed E-state index contributed by atoms with van der Waals surface area (Å²) in [5.74, 6) is 0.302. The Morgan fingerprint density at radius 3 is 2.88 bits per heavy atom. The van der Waals surface area contributed by atoms with Gasteiger partial charge in [0.05, 0.1) is 0 Å². The fraction of sp³-hybridized carbons (Fsp3) is 0.917. The van der Waals surface area contributed by atoms with Crippen molar-refractivity contribution in [3.8, 4) is 0 Å². The van der Waals surface area contributed by atoms with Crippen LogP contribution in [0.25, 0.3) is 0 Å². The number of likely N-dealkylation sites (tertiary alicyclic amines) is 1. The summed E-state index contributed by atoms with van der Waals surface area (Å²) in [6.07, 6.45) is 4.89. The maximum atomic E-state index is 11.9. The van der Waals surface area contributed by atoms with E-state index in [2.05, 4.69) is 5.32 Å². The molecular formula is C12H25ClN2O2. The average molecular weight is 265 g/mol. The number of nitrogens with zero attached hydrogens (tertiary/aromatic N) is 1. The maximum Gasteiger partial charge on any atom is 0.222 e. The minimum atomic E-state index is 0. The molecule has 1 heterocycles. The molecule has 1 amide bonds. The molecular weight excluding hydrogens is 240 g/mol. The molecule has 1 fully saturated rings. The number of ether oxygens (including phenoxy) is 1. The van der Waals surface area contributed by atoms with Crippen LogP contribution in [0, 0.1) is 0 Å². The summed E-state index contributed by atoms with van der Waals surface area (Å²) < 4.78 is 4.97. The molecule has 0 aliphatic carbocycles. The summed E-state index contributed by atoms with van der Waals surface area (Å²) in [6, 6.07) is 0.483. The van der Waals surface area contributed by atoms with Crippen molar-refractivity contribution in [1.82, 2.24) is 10.2 Å². The number of likely N-dealkylation sites (N-methyl/N-ethyl adjacent to an activating group) is 1. The van der Waals surface area contributed by atoms with E-state index >= 15 is 0 Å². The highest BCUT2D eigenvalue weighted by atomic mass is 35.5. The van der Waals surface area contributed by atoms with E-state index in [0.29, 0.717) is 18.4 Å². The van der Waals surface area contributed by atoms with Crippen molar-refractivity contribution in [2.24, 2.45) is 0 Å². The minimum absolute atomic E-state index is 0. The lowest BCUT2D eigenvalue weighted by molar-refractivity contribution is -0.132. The molecule has 102 valence electrons. The van der Waals surface area contributed by atoms with Crippen LogP contribution in [0.1, 0.15) is 32.1 Å². The van der Waals surface area contributed by atoms with Crippen LogP contribution in [-0.2, 0) is 9.53 Å². The smallest absolute Gasteiger partial charge is 0.222 e. The molecule has 5 heteroatoms. The number of carbonyl (C=O) groups excluding carboxylic acids is 1. The second-order valence-corrected chi connectivity index (χ2v) is 4.42. The number of halogens is 1. The first-order valence-electron chi connectivity index (χ1n) is 6.22. The lowest BCUT2D eigenvalue weighted by Crippen LogP contribution is -2.46. The summed E-state index contributed by atoms with van der Waals surface area (Å²) in [5.41, 5.74) is 0. The molecule has 0 saturated carbocycles. The quantitative estimate of drug-likeness (QED) is 0.738. The predicted octanol–water partition coefficient (Wildman–Crippen LogP) is 1.44. The number of unbranched alkanes of at least 4 members (excludes halogenated alkanes) is 1. The van der Waals surface area contributed by atoms with Crippen molar-refractivity contribution in [3.63, 3.8) is 0 Å². The van der Waals surface area contributed by atoms with Gasteiger partial charge in [0.15, 0.2) is 0 Å². The normalized spacial score (nSPS) is 19.9. The van der Waals surface area contributed by atoms with Crippen molar-refractivity contribution in [2.75, 3.05) is 33.9 Å². The highest BCUT2D eigenvalue weighted by molar-refractivity contribution is 5.85. The molecule has 0 aromatic carbocycles. The summed E-state index contributed by atoms with van der Waals surface area (Å²) in [4.78, 5) is 13.9. The number of nitrogens with one attached hydrogen (secondary N) is 1. The van der Waals surface area contributed by atoms with Crippen LogP contribution in [-0.4, -0.2) is 50.7 Å². The number of carbonyl (C=O) groups is 1. The van der Waals surface area contributed by atoms with Gasteiger partial charge >= 0.3 is 0 Å². The van der Waals surface area contributed by atoms with Gasteiger partial charge in [0, 0.05) is 39.3 Å². The Kier molecular flexibility index (Phi) is 9.50. The van der Waals surface area contributed by atoms with Gasteiger partial charge in [-0.1, -0.05) is 0 Å². The van der Waals surface area contributed by atoms with Crippen LogP contribution in [0.2, 0.25) is 0 Å². The first-order valence-corrected chi connectivity index (χ1v) is 6.22. The number of hydrogen-bond acceptors (Lipinski definition) is 3. The number of rotatable bonds is 6. The Labute approximate surface area is 110 Å². The van der Waals surface area contributed by atoms with Gasteiger partial charge < -0.3 is 15.0 Å². The van der Waals surface area contributed by atoms with Gasteiger partial charge in [-0.15, -0.1) is 12.4 Å². The van der Waals surface area contributed by atoms with Crippen molar-refractivity contribution in [1.29, 1.82) is 0 Å². The van der Waals surface area contributed by atoms with Crippen LogP contribution in [0.3, 0.4) is 0 Å². The van der Waals surface area contributed by atoms with Gasteiger partial charge in [0.25, 0.3) is 0 Å². The zero-order valence-corrected chi connectivity index (χ0v) is 11.7. The van der Waals surface area contributed by atoms with Gasteiger partial charge in [-0.25, -0.2) is 0 Å². The molecule has 1 rings (SSSR count). The maximum absolute atomic E-state index is 11.9. The Morgan fingerprint density at radius 1 is 1.47 bits per heavy atom. The summed E-state index contributed by atoms with van der Waals surface area (Å²) >= 11 is 0. The molecule has 1 aliphatic heterocycles. The number of hydrogen-bond donors (Lipinski definition) is 1. The highest BCUT2D eigenvalue weighted by Crippen LogP contribution is 2.12. The van der Waals surface area contributed by atoms with Crippen LogP contribution >= 0.6 is 12.4 Å². The van der Waals surface area contributed by atoms with Gasteiger partial charge in [-0.2, -0.15) is 0 Å². The van der Waals surface area contributed by atoms with Crippen molar-refractivity contribution in [3.05, 3.63) is 0 Å². The molecule has 0 aromatic heterocycles. The Morgan fingerprint density at radius 2 is 2.24 bits per heavy atom. The van der Waals surface area contributed by atoms with E-state index < -0.39 is 0 Å². The van der Waals surface area contributed by atoms with Gasteiger partial charge in [-0.05, 0) is 32.7 Å². The van der Waals surface area contributed by atoms with Crippen molar-refractivity contribution in [2.45, 2.75) is 38.1 Å². The third kappa shape index (κ3) is 6.24. The molecule has 1 unspecified atom stereocenters. The molecule has 1 saturated heterocycles. The van der Waals surface area contributed by atoms with Crippen molar-refractivity contribution < 1.29 is 9.53 Å². The van der Waals surface area contributed by atoms with Crippen LogP contribution in [0.4, 0.5) is 0 Å². The second-order valence-electron chi connectivity index (χ2n) is 4.42. The van der Waals surface area contributed by atoms with E-state index in [-0.39, 0.29) is 12.4 Å². The Hall–Kier alpha value is -0.320. The van der Waals surface area contributed by atoms with E-state index in [1.165, 1.54) is 6.42 Å². The minimum Gasteiger partial charge on any atom is -0.385 e. The van der Waals surface area contributed by atoms with Crippen LogP contribution in [0.15, 0.2) is 0 Å². The number of piperidine rings is 1. The van der Waals surface area contributed by atoms with E-state index in [4.69, 9.17) is 4.74 Å².